The topological polar surface area (TPSA) is 52.5 Å². The zero-order chi connectivity index (χ0) is 14.0. The van der Waals surface area contributed by atoms with Crippen molar-refractivity contribution in [3.05, 3.63) is 41.2 Å². The van der Waals surface area contributed by atoms with Gasteiger partial charge in [0, 0.05) is 11.3 Å². The lowest BCUT2D eigenvalue weighted by Gasteiger charge is -2.07. The molecule has 0 bridgehead atoms. The number of H-pyrrole nitrogens is 1. The number of aromatic nitrogens is 2. The van der Waals surface area contributed by atoms with E-state index in [2.05, 4.69) is 10.2 Å². The summed E-state index contributed by atoms with van der Waals surface area (Å²) in [6.45, 7) is 1.54. The van der Waals surface area contributed by atoms with Crippen molar-refractivity contribution >= 4 is 0 Å². The Labute approximate surface area is 107 Å². The number of halogens is 3. The third kappa shape index (κ3) is 2.60. The van der Waals surface area contributed by atoms with Crippen molar-refractivity contribution < 1.29 is 13.2 Å². The number of nitrogens with one attached hydrogen (secondary N) is 1. The molecule has 1 N–H and O–H groups in total. The van der Waals surface area contributed by atoms with E-state index in [0.717, 1.165) is 5.56 Å². The fourth-order valence-corrected chi connectivity index (χ4v) is 1.87. The van der Waals surface area contributed by atoms with E-state index in [1.54, 1.807) is 31.2 Å². The van der Waals surface area contributed by atoms with Crippen LogP contribution in [0.25, 0.3) is 11.1 Å². The second kappa shape index (κ2) is 4.76. The number of aryl methyl sites for hydroxylation is 1. The first-order valence-electron chi connectivity index (χ1n) is 5.52. The highest BCUT2D eigenvalue weighted by Gasteiger charge is 2.37. The molecule has 0 aliphatic rings. The Morgan fingerprint density at radius 2 is 1.89 bits per heavy atom. The lowest BCUT2D eigenvalue weighted by molar-refractivity contribution is -0.140. The summed E-state index contributed by atoms with van der Waals surface area (Å²) in [7, 11) is 0. The van der Waals surface area contributed by atoms with Crippen LogP contribution in [0.15, 0.2) is 24.3 Å². The molecule has 3 nitrogen and oxygen atoms in total. The molecule has 0 fully saturated rings. The van der Waals surface area contributed by atoms with E-state index in [1.807, 2.05) is 6.07 Å². The van der Waals surface area contributed by atoms with Crippen LogP contribution in [-0.2, 0) is 12.6 Å². The van der Waals surface area contributed by atoms with E-state index >= 15 is 0 Å². The Bertz CT molecular complexity index is 618. The molecular formula is C13H10F3N3. The Hall–Kier alpha value is -2.29. The van der Waals surface area contributed by atoms with Crippen LogP contribution in [-0.4, -0.2) is 10.2 Å². The molecule has 0 atom stereocenters. The fourth-order valence-electron chi connectivity index (χ4n) is 1.87. The molecule has 2 rings (SSSR count). The zero-order valence-electron chi connectivity index (χ0n) is 10.0. The molecule has 0 saturated carbocycles. The van der Waals surface area contributed by atoms with Gasteiger partial charge in [-0.15, -0.1) is 0 Å². The number of nitrogens with zero attached hydrogens (tertiary/aromatic N) is 2. The highest BCUT2D eigenvalue weighted by atomic mass is 19.4. The van der Waals surface area contributed by atoms with Gasteiger partial charge in [-0.25, -0.2) is 0 Å². The predicted molar refractivity (Wildman–Crippen MR) is 63.1 cm³/mol. The van der Waals surface area contributed by atoms with Gasteiger partial charge in [0.15, 0.2) is 5.69 Å². The molecule has 0 spiro atoms. The average Bonchev–Trinajstić information content (AvgIpc) is 2.72. The van der Waals surface area contributed by atoms with Crippen molar-refractivity contribution in [2.75, 3.05) is 0 Å². The van der Waals surface area contributed by atoms with Crippen LogP contribution in [0, 0.1) is 18.3 Å². The first-order valence-corrected chi connectivity index (χ1v) is 5.52. The van der Waals surface area contributed by atoms with Gasteiger partial charge in [-0.3, -0.25) is 5.10 Å². The summed E-state index contributed by atoms with van der Waals surface area (Å²) in [6, 6.07) is 8.41. The molecule has 1 aromatic heterocycles. The summed E-state index contributed by atoms with van der Waals surface area (Å²) >= 11 is 0. The number of alkyl halides is 3. The largest absolute Gasteiger partial charge is 0.435 e. The molecule has 0 aliphatic heterocycles. The van der Waals surface area contributed by atoms with Gasteiger partial charge in [-0.2, -0.15) is 23.5 Å². The maximum atomic E-state index is 12.8. The lowest BCUT2D eigenvalue weighted by atomic mass is 10.0. The fraction of sp³-hybridized carbons (Fsp3) is 0.231. The van der Waals surface area contributed by atoms with Crippen molar-refractivity contribution in [3.8, 4) is 17.2 Å². The molecule has 0 amide bonds. The molecule has 6 heteroatoms. The number of hydrogen-bond donors (Lipinski definition) is 1. The van der Waals surface area contributed by atoms with Gasteiger partial charge in [0.05, 0.1) is 12.5 Å². The van der Waals surface area contributed by atoms with Gasteiger partial charge in [0.25, 0.3) is 0 Å². The van der Waals surface area contributed by atoms with E-state index < -0.39 is 11.9 Å². The van der Waals surface area contributed by atoms with Crippen LogP contribution in [0.4, 0.5) is 13.2 Å². The molecule has 0 radical (unpaired) electrons. The monoisotopic (exact) mass is 265 g/mol. The molecule has 0 saturated heterocycles. The Morgan fingerprint density at radius 3 is 2.42 bits per heavy atom. The van der Waals surface area contributed by atoms with Gasteiger partial charge < -0.3 is 0 Å². The first kappa shape index (κ1) is 13.1. The zero-order valence-corrected chi connectivity index (χ0v) is 10.0. The van der Waals surface area contributed by atoms with E-state index in [4.69, 9.17) is 5.26 Å². The quantitative estimate of drug-likeness (QED) is 0.903. The van der Waals surface area contributed by atoms with Crippen molar-refractivity contribution in [1.82, 2.24) is 10.2 Å². The maximum absolute atomic E-state index is 12.8. The molecule has 98 valence electrons. The minimum absolute atomic E-state index is 0.0519. The summed E-state index contributed by atoms with van der Waals surface area (Å²) in [4.78, 5) is 0. The van der Waals surface area contributed by atoms with Crippen molar-refractivity contribution in [2.45, 2.75) is 19.5 Å². The van der Waals surface area contributed by atoms with Crippen molar-refractivity contribution in [3.63, 3.8) is 0 Å². The van der Waals surface area contributed by atoms with Crippen LogP contribution >= 0.6 is 0 Å². The van der Waals surface area contributed by atoms with E-state index in [-0.39, 0.29) is 12.0 Å². The van der Waals surface area contributed by atoms with E-state index in [9.17, 15) is 13.2 Å². The van der Waals surface area contributed by atoms with E-state index in [1.165, 1.54) is 0 Å². The summed E-state index contributed by atoms with van der Waals surface area (Å²) < 4.78 is 38.5. The number of nitriles is 1. The SMILES string of the molecule is Cc1[nH]nc(C(F)(F)F)c1-c1ccc(CC#N)cc1. The molecule has 19 heavy (non-hydrogen) atoms. The summed E-state index contributed by atoms with van der Waals surface area (Å²) in [5.74, 6) is 0. The van der Waals surface area contributed by atoms with Gasteiger partial charge in [-0.1, -0.05) is 24.3 Å². The number of benzene rings is 1. The van der Waals surface area contributed by atoms with Crippen LogP contribution in [0.2, 0.25) is 0 Å². The molecule has 1 aromatic carbocycles. The van der Waals surface area contributed by atoms with Crippen LogP contribution in [0.5, 0.6) is 0 Å². The average molecular weight is 265 g/mol. The lowest BCUT2D eigenvalue weighted by Crippen LogP contribution is -2.07. The molecule has 1 heterocycles. The Morgan fingerprint density at radius 1 is 1.26 bits per heavy atom. The first-order chi connectivity index (χ1) is 8.93. The normalized spacial score (nSPS) is 11.3. The second-order valence-corrected chi connectivity index (χ2v) is 4.10. The van der Waals surface area contributed by atoms with Crippen LogP contribution in [0.3, 0.4) is 0 Å². The van der Waals surface area contributed by atoms with Crippen LogP contribution < -0.4 is 0 Å². The Balaban J connectivity index is 2.47. The number of rotatable bonds is 2. The Kier molecular flexibility index (Phi) is 3.30. The smallest absolute Gasteiger partial charge is 0.282 e. The molecular weight excluding hydrogens is 255 g/mol. The van der Waals surface area contributed by atoms with Crippen LogP contribution in [0.1, 0.15) is 17.0 Å². The second-order valence-electron chi connectivity index (χ2n) is 4.10. The summed E-state index contributed by atoms with van der Waals surface area (Å²) in [6.07, 6.45) is -4.26. The number of aromatic amines is 1. The van der Waals surface area contributed by atoms with Crippen molar-refractivity contribution in [1.29, 1.82) is 5.26 Å². The number of hydrogen-bond acceptors (Lipinski definition) is 2. The highest BCUT2D eigenvalue weighted by molar-refractivity contribution is 5.69. The standard InChI is InChI=1S/C13H10F3N3/c1-8-11(12(19-18-8)13(14,15)16)10-4-2-9(3-5-10)6-7-17/h2-5H,6H2,1H3,(H,18,19). The highest BCUT2D eigenvalue weighted by Crippen LogP contribution is 2.37. The van der Waals surface area contributed by atoms with Crippen molar-refractivity contribution in [2.24, 2.45) is 0 Å². The van der Waals surface area contributed by atoms with Gasteiger partial charge >= 0.3 is 6.18 Å². The summed E-state index contributed by atoms with van der Waals surface area (Å²) in [5.41, 5.74) is 0.690. The predicted octanol–water partition coefficient (Wildman–Crippen LogP) is 3.47. The molecule has 2 aromatic rings. The van der Waals surface area contributed by atoms with Gasteiger partial charge in [0.2, 0.25) is 0 Å². The van der Waals surface area contributed by atoms with Gasteiger partial charge in [-0.05, 0) is 18.1 Å². The minimum Gasteiger partial charge on any atom is -0.282 e. The minimum atomic E-state index is -4.49. The molecule has 0 aliphatic carbocycles. The summed E-state index contributed by atoms with van der Waals surface area (Å²) in [5, 5.41) is 14.2. The maximum Gasteiger partial charge on any atom is 0.435 e. The third-order valence-corrected chi connectivity index (χ3v) is 2.74. The van der Waals surface area contributed by atoms with E-state index in [0.29, 0.717) is 11.3 Å². The third-order valence-electron chi connectivity index (χ3n) is 2.74. The van der Waals surface area contributed by atoms with Gasteiger partial charge in [0.1, 0.15) is 0 Å². The molecule has 0 unspecified atom stereocenters.